The SMILES string of the molecule is C[N@@+]1(CC(=O)Nc2cnccn2)CCC(OC(=O)C(O)(c2ccccc2)c2ccccc2)C1. The second kappa shape index (κ2) is 9.48. The second-order valence-electron chi connectivity index (χ2n) is 8.58. The van der Waals surface area contributed by atoms with E-state index in [4.69, 9.17) is 4.74 Å². The van der Waals surface area contributed by atoms with Crippen LogP contribution in [0.3, 0.4) is 0 Å². The number of carbonyl (C=O) groups excluding carboxylic acids is 2. The van der Waals surface area contributed by atoms with Gasteiger partial charge in [0.15, 0.2) is 18.5 Å². The highest BCUT2D eigenvalue weighted by atomic mass is 16.6. The maximum absolute atomic E-state index is 13.3. The zero-order valence-electron chi connectivity index (χ0n) is 18.4. The van der Waals surface area contributed by atoms with Gasteiger partial charge in [-0.2, -0.15) is 0 Å². The quantitative estimate of drug-likeness (QED) is 0.425. The molecule has 1 amide bonds. The van der Waals surface area contributed by atoms with E-state index in [0.29, 0.717) is 40.9 Å². The van der Waals surface area contributed by atoms with E-state index < -0.39 is 17.7 Å². The van der Waals surface area contributed by atoms with Crippen molar-refractivity contribution in [2.75, 3.05) is 32.0 Å². The minimum absolute atomic E-state index is 0.185. The second-order valence-corrected chi connectivity index (χ2v) is 8.58. The van der Waals surface area contributed by atoms with Gasteiger partial charge in [-0.05, 0) is 11.1 Å². The Kier molecular flexibility index (Phi) is 6.48. The van der Waals surface area contributed by atoms with E-state index in [0.717, 1.165) is 0 Å². The summed E-state index contributed by atoms with van der Waals surface area (Å²) in [4.78, 5) is 33.8. The van der Waals surface area contributed by atoms with Gasteiger partial charge in [-0.15, -0.1) is 0 Å². The van der Waals surface area contributed by atoms with E-state index in [1.165, 1.54) is 18.6 Å². The summed E-state index contributed by atoms with van der Waals surface area (Å²) in [5.41, 5.74) is -1.03. The Morgan fingerprint density at radius 2 is 1.73 bits per heavy atom. The Bertz CT molecular complexity index is 1060. The summed E-state index contributed by atoms with van der Waals surface area (Å²) in [6, 6.07) is 17.6. The van der Waals surface area contributed by atoms with Crippen LogP contribution in [0.5, 0.6) is 0 Å². The molecule has 1 saturated heterocycles. The Balaban J connectivity index is 1.45. The van der Waals surface area contributed by atoms with Crippen molar-refractivity contribution >= 4 is 17.7 Å². The number of ether oxygens (including phenoxy) is 1. The predicted molar refractivity (Wildman–Crippen MR) is 122 cm³/mol. The van der Waals surface area contributed by atoms with E-state index in [2.05, 4.69) is 15.3 Å². The van der Waals surface area contributed by atoms with Crippen molar-refractivity contribution in [1.29, 1.82) is 0 Å². The molecule has 0 saturated carbocycles. The molecule has 0 bridgehead atoms. The van der Waals surface area contributed by atoms with Crippen LogP contribution in [0.15, 0.2) is 79.3 Å². The van der Waals surface area contributed by atoms with Gasteiger partial charge in [0.2, 0.25) is 5.60 Å². The third-order valence-electron chi connectivity index (χ3n) is 5.94. The summed E-state index contributed by atoms with van der Waals surface area (Å²) >= 11 is 0. The van der Waals surface area contributed by atoms with Gasteiger partial charge in [-0.1, -0.05) is 60.7 Å². The molecule has 2 N–H and O–H groups in total. The lowest BCUT2D eigenvalue weighted by molar-refractivity contribution is -0.890. The first-order chi connectivity index (χ1) is 15.9. The highest BCUT2D eigenvalue weighted by molar-refractivity contribution is 5.90. The van der Waals surface area contributed by atoms with Crippen molar-refractivity contribution in [2.24, 2.45) is 0 Å². The summed E-state index contributed by atoms with van der Waals surface area (Å²) in [6.07, 6.45) is 4.72. The standard InChI is InChI=1S/C25H26N4O4/c1-29(18-23(30)28-22-16-26-13-14-27-22)15-12-21(17-29)33-24(31)25(32,19-8-4-2-5-9-19)20-10-6-3-7-11-20/h2-11,13-14,16,21,32H,12,15,17-18H2,1H3/p+1/t21?,29-/m1/s1. The highest BCUT2D eigenvalue weighted by Gasteiger charge is 2.45. The van der Waals surface area contributed by atoms with E-state index in [9.17, 15) is 14.7 Å². The summed E-state index contributed by atoms with van der Waals surface area (Å²) in [5.74, 6) is -0.510. The highest BCUT2D eigenvalue weighted by Crippen LogP contribution is 2.32. The van der Waals surface area contributed by atoms with Crippen LogP contribution in [-0.2, 0) is 19.9 Å². The minimum Gasteiger partial charge on any atom is -0.453 e. The third-order valence-corrected chi connectivity index (χ3v) is 5.94. The molecule has 170 valence electrons. The average molecular weight is 448 g/mol. The number of quaternary nitrogens is 1. The number of nitrogens with one attached hydrogen (secondary N) is 1. The van der Waals surface area contributed by atoms with E-state index >= 15 is 0 Å². The molecule has 1 unspecified atom stereocenters. The molecule has 2 heterocycles. The monoisotopic (exact) mass is 447 g/mol. The van der Waals surface area contributed by atoms with Crippen LogP contribution in [0.25, 0.3) is 0 Å². The van der Waals surface area contributed by atoms with Gasteiger partial charge in [0, 0.05) is 18.8 Å². The predicted octanol–water partition coefficient (Wildman–Crippen LogP) is 2.11. The number of aromatic nitrogens is 2. The lowest BCUT2D eigenvalue weighted by Gasteiger charge is -2.30. The fourth-order valence-corrected chi connectivity index (χ4v) is 4.26. The van der Waals surface area contributed by atoms with Gasteiger partial charge in [0.1, 0.15) is 6.54 Å². The zero-order chi connectivity index (χ0) is 23.3. The average Bonchev–Trinajstić information content (AvgIpc) is 3.19. The van der Waals surface area contributed by atoms with E-state index in [-0.39, 0.29) is 12.5 Å². The normalized spacial score (nSPS) is 20.2. The summed E-state index contributed by atoms with van der Waals surface area (Å²) in [7, 11) is 1.95. The van der Waals surface area contributed by atoms with Gasteiger partial charge in [0.25, 0.3) is 5.91 Å². The fraction of sp³-hybridized carbons (Fsp3) is 0.280. The number of carbonyl (C=O) groups is 2. The summed E-state index contributed by atoms with van der Waals surface area (Å²) < 4.78 is 6.24. The number of hydrogen-bond acceptors (Lipinski definition) is 6. The molecule has 1 fully saturated rings. The first kappa shape index (κ1) is 22.6. The molecule has 1 aliphatic heterocycles. The molecule has 33 heavy (non-hydrogen) atoms. The summed E-state index contributed by atoms with van der Waals surface area (Å²) in [6.45, 7) is 1.35. The molecule has 1 aliphatic rings. The van der Waals surface area contributed by atoms with Crippen molar-refractivity contribution < 1.29 is 23.9 Å². The number of likely N-dealkylation sites (N-methyl/N-ethyl adjacent to an activating group) is 1. The molecule has 1 aromatic heterocycles. The number of anilines is 1. The fourth-order valence-electron chi connectivity index (χ4n) is 4.26. The first-order valence-electron chi connectivity index (χ1n) is 10.8. The number of amides is 1. The zero-order valence-corrected chi connectivity index (χ0v) is 18.4. The number of hydrogen-bond donors (Lipinski definition) is 2. The van der Waals surface area contributed by atoms with Gasteiger partial charge >= 0.3 is 5.97 Å². The summed E-state index contributed by atoms with van der Waals surface area (Å²) in [5, 5.41) is 14.3. The van der Waals surface area contributed by atoms with Gasteiger partial charge in [-0.3, -0.25) is 9.78 Å². The van der Waals surface area contributed by atoms with E-state index in [1.54, 1.807) is 48.5 Å². The lowest BCUT2D eigenvalue weighted by atomic mass is 9.86. The number of esters is 1. The van der Waals surface area contributed by atoms with Crippen molar-refractivity contribution in [3.8, 4) is 0 Å². The first-order valence-corrected chi connectivity index (χ1v) is 10.8. The molecular weight excluding hydrogens is 420 g/mol. The maximum Gasteiger partial charge on any atom is 0.348 e. The molecule has 2 atom stereocenters. The number of rotatable bonds is 7. The van der Waals surface area contributed by atoms with E-state index in [1.807, 2.05) is 19.2 Å². The van der Waals surface area contributed by atoms with Gasteiger partial charge in [-0.25, -0.2) is 9.78 Å². The molecule has 3 aromatic rings. The van der Waals surface area contributed by atoms with Crippen LogP contribution in [0.2, 0.25) is 0 Å². The molecule has 8 nitrogen and oxygen atoms in total. The Morgan fingerprint density at radius 1 is 1.09 bits per heavy atom. The van der Waals surface area contributed by atoms with Crippen LogP contribution in [0, 0.1) is 0 Å². The van der Waals surface area contributed by atoms with Crippen molar-refractivity contribution in [1.82, 2.24) is 9.97 Å². The number of aliphatic hydroxyl groups is 1. The third kappa shape index (κ3) is 5.08. The minimum atomic E-state index is -1.92. The van der Waals surface area contributed by atoms with Crippen LogP contribution >= 0.6 is 0 Å². The molecule has 0 aliphatic carbocycles. The van der Waals surface area contributed by atoms with Crippen molar-refractivity contribution in [3.63, 3.8) is 0 Å². The topological polar surface area (TPSA) is 101 Å². The van der Waals surface area contributed by atoms with Crippen LogP contribution in [0.1, 0.15) is 17.5 Å². The Morgan fingerprint density at radius 3 is 2.30 bits per heavy atom. The molecule has 0 radical (unpaired) electrons. The smallest absolute Gasteiger partial charge is 0.348 e. The molecule has 2 aromatic carbocycles. The molecule has 4 rings (SSSR count). The van der Waals surface area contributed by atoms with Gasteiger partial charge < -0.3 is 19.6 Å². The molecule has 0 spiro atoms. The van der Waals surface area contributed by atoms with Crippen molar-refractivity contribution in [2.45, 2.75) is 18.1 Å². The van der Waals surface area contributed by atoms with Gasteiger partial charge in [0.05, 0.1) is 19.8 Å². The van der Waals surface area contributed by atoms with Crippen LogP contribution in [0.4, 0.5) is 5.82 Å². The lowest BCUT2D eigenvalue weighted by Crippen LogP contribution is -2.48. The Labute approximate surface area is 192 Å². The number of benzene rings is 2. The Hall–Kier alpha value is -3.62. The number of nitrogens with zero attached hydrogens (tertiary/aromatic N) is 3. The maximum atomic E-state index is 13.3. The van der Waals surface area contributed by atoms with Crippen molar-refractivity contribution in [3.05, 3.63) is 90.4 Å². The largest absolute Gasteiger partial charge is 0.453 e. The molecule has 8 heteroatoms. The van der Waals surface area contributed by atoms with Crippen LogP contribution in [-0.4, -0.2) is 64.2 Å². The molecular formula is C25H27N4O4+. The van der Waals surface area contributed by atoms with Crippen LogP contribution < -0.4 is 5.32 Å². The number of likely N-dealkylation sites (tertiary alicyclic amines) is 1.